The van der Waals surface area contributed by atoms with Crippen molar-refractivity contribution >= 4 is 11.7 Å². The molecule has 5 nitrogen and oxygen atoms in total. The molecule has 1 atom stereocenters. The molecule has 0 rings (SSSR count). The Morgan fingerprint density at radius 2 is 2.07 bits per heavy atom. The molecule has 0 aromatic rings. The number of nitrogens with two attached hydrogens (primary N) is 1. The van der Waals surface area contributed by atoms with Crippen molar-refractivity contribution in [1.82, 2.24) is 10.6 Å². The lowest BCUT2D eigenvalue weighted by molar-refractivity contribution is -0.122. The summed E-state index contributed by atoms with van der Waals surface area (Å²) in [5.41, 5.74) is 4.72. The Labute approximate surface area is 91.3 Å². The number of rotatable bonds is 7. The lowest BCUT2D eigenvalue weighted by Gasteiger charge is -2.26. The number of carbonyl (C=O) groups is 1. The molecule has 0 unspecified atom stereocenters. The summed E-state index contributed by atoms with van der Waals surface area (Å²) in [7, 11) is 1.80. The fourth-order valence-corrected chi connectivity index (χ4v) is 1.30. The van der Waals surface area contributed by atoms with Gasteiger partial charge in [-0.15, -0.1) is 0 Å². The smallest absolute Gasteiger partial charge is 0.185 e. The van der Waals surface area contributed by atoms with Crippen molar-refractivity contribution < 1.29 is 4.79 Å². The van der Waals surface area contributed by atoms with Crippen molar-refractivity contribution in [2.24, 2.45) is 5.73 Å². The Morgan fingerprint density at radius 3 is 2.47 bits per heavy atom. The van der Waals surface area contributed by atoms with Gasteiger partial charge >= 0.3 is 0 Å². The van der Waals surface area contributed by atoms with Crippen molar-refractivity contribution in [3.63, 3.8) is 0 Å². The minimum Gasteiger partial charge on any atom is -0.370 e. The zero-order chi connectivity index (χ0) is 11.9. The lowest BCUT2D eigenvalue weighted by atomic mass is 9.91. The summed E-state index contributed by atoms with van der Waals surface area (Å²) >= 11 is 0. The van der Waals surface area contributed by atoms with Crippen molar-refractivity contribution in [2.45, 2.75) is 38.6 Å². The van der Waals surface area contributed by atoms with Crippen LogP contribution in [-0.2, 0) is 4.79 Å². The molecule has 0 fully saturated rings. The van der Waals surface area contributed by atoms with Crippen LogP contribution in [0.2, 0.25) is 0 Å². The molecular formula is C10H22N4O. The number of hydrogen-bond acceptors (Lipinski definition) is 3. The van der Waals surface area contributed by atoms with E-state index >= 15 is 0 Å². The number of hydrogen-bond donors (Lipinski definition) is 4. The number of guanidine groups is 1. The van der Waals surface area contributed by atoms with Gasteiger partial charge in [-0.05, 0) is 40.2 Å². The topological polar surface area (TPSA) is 91.0 Å². The number of Topliss-reactive ketones (excluding diaryl/α,β-unsaturated/α-hetero) is 1. The van der Waals surface area contributed by atoms with E-state index in [1.807, 2.05) is 6.92 Å². The number of carbonyl (C=O) groups excluding carboxylic acids is 1. The van der Waals surface area contributed by atoms with Crippen molar-refractivity contribution in [1.29, 1.82) is 5.41 Å². The Balaban J connectivity index is 3.73. The molecule has 0 aliphatic heterocycles. The summed E-state index contributed by atoms with van der Waals surface area (Å²) in [5, 5.41) is 12.7. The van der Waals surface area contributed by atoms with Gasteiger partial charge in [-0.1, -0.05) is 0 Å². The van der Waals surface area contributed by atoms with Crippen molar-refractivity contribution in [2.75, 3.05) is 13.6 Å². The molecule has 0 heterocycles. The predicted molar refractivity (Wildman–Crippen MR) is 61.9 cm³/mol. The molecule has 0 saturated heterocycles. The Morgan fingerprint density at radius 1 is 1.47 bits per heavy atom. The third-order valence-electron chi connectivity index (χ3n) is 2.75. The highest BCUT2D eigenvalue weighted by atomic mass is 16.1. The molecule has 15 heavy (non-hydrogen) atoms. The standard InChI is InChI=1S/C10H22N4O/c1-8(15)10(2,13-3)6-4-5-7-14-9(11)12/h13H,4-7H2,1-3H3,(H4,11,12,14)/t10-/m0/s1. The largest absolute Gasteiger partial charge is 0.370 e. The van der Waals surface area contributed by atoms with Crippen molar-refractivity contribution in [3.05, 3.63) is 0 Å². The second-order valence-corrected chi connectivity index (χ2v) is 3.94. The summed E-state index contributed by atoms with van der Waals surface area (Å²) in [4.78, 5) is 11.3. The molecule has 5 N–H and O–H groups in total. The van der Waals surface area contributed by atoms with Crippen LogP contribution >= 0.6 is 0 Å². The summed E-state index contributed by atoms with van der Waals surface area (Å²) in [6.45, 7) is 4.20. The summed E-state index contributed by atoms with van der Waals surface area (Å²) in [6, 6.07) is 0. The molecule has 0 aromatic heterocycles. The Hall–Kier alpha value is -1.10. The van der Waals surface area contributed by atoms with E-state index < -0.39 is 5.54 Å². The fourth-order valence-electron chi connectivity index (χ4n) is 1.30. The Bertz CT molecular complexity index is 229. The van der Waals surface area contributed by atoms with Crippen LogP contribution in [0.4, 0.5) is 0 Å². The molecule has 0 bridgehead atoms. The minimum atomic E-state index is -0.420. The van der Waals surface area contributed by atoms with Gasteiger partial charge in [-0.2, -0.15) is 0 Å². The van der Waals surface area contributed by atoms with Gasteiger partial charge in [0, 0.05) is 6.54 Å². The fraction of sp³-hybridized carbons (Fsp3) is 0.800. The minimum absolute atomic E-state index is 0.00190. The second kappa shape index (κ2) is 6.40. The van der Waals surface area contributed by atoms with E-state index in [4.69, 9.17) is 11.1 Å². The molecular weight excluding hydrogens is 192 g/mol. The maximum absolute atomic E-state index is 11.3. The molecule has 0 spiro atoms. The molecule has 0 amide bonds. The normalized spacial score (nSPS) is 14.3. The van der Waals surface area contributed by atoms with Gasteiger partial charge in [-0.3, -0.25) is 10.2 Å². The summed E-state index contributed by atoms with van der Waals surface area (Å²) in [5.74, 6) is 0.155. The number of likely N-dealkylation sites (N-methyl/N-ethyl adjacent to an activating group) is 1. The SMILES string of the molecule is CN[C@@](C)(CCCCNC(=N)N)C(C)=O. The van der Waals surface area contributed by atoms with E-state index in [0.717, 1.165) is 19.3 Å². The van der Waals surface area contributed by atoms with E-state index in [1.165, 1.54) is 0 Å². The third kappa shape index (κ3) is 5.37. The maximum Gasteiger partial charge on any atom is 0.185 e. The molecule has 0 aliphatic carbocycles. The van der Waals surface area contributed by atoms with E-state index in [2.05, 4.69) is 10.6 Å². The van der Waals surface area contributed by atoms with E-state index in [9.17, 15) is 4.79 Å². The van der Waals surface area contributed by atoms with Crippen LogP contribution in [0.15, 0.2) is 0 Å². The first kappa shape index (κ1) is 13.9. The first-order chi connectivity index (χ1) is 6.92. The van der Waals surface area contributed by atoms with Gasteiger partial charge in [0.2, 0.25) is 0 Å². The molecule has 5 heteroatoms. The van der Waals surface area contributed by atoms with Crippen molar-refractivity contribution in [3.8, 4) is 0 Å². The van der Waals surface area contributed by atoms with Gasteiger partial charge in [0.05, 0.1) is 5.54 Å². The van der Waals surface area contributed by atoms with Crippen LogP contribution in [0.3, 0.4) is 0 Å². The van der Waals surface area contributed by atoms with Crippen LogP contribution in [0.25, 0.3) is 0 Å². The van der Waals surface area contributed by atoms with E-state index in [0.29, 0.717) is 6.54 Å². The average molecular weight is 214 g/mol. The quantitative estimate of drug-likeness (QED) is 0.277. The molecule has 88 valence electrons. The van der Waals surface area contributed by atoms with Crippen LogP contribution in [0.1, 0.15) is 33.1 Å². The summed E-state index contributed by atoms with van der Waals surface area (Å²) in [6.07, 6.45) is 2.64. The number of nitrogens with one attached hydrogen (secondary N) is 3. The van der Waals surface area contributed by atoms with Gasteiger partial charge in [0.25, 0.3) is 0 Å². The Kier molecular flexibility index (Phi) is 5.93. The van der Waals surface area contributed by atoms with Gasteiger partial charge in [0.15, 0.2) is 5.96 Å². The molecule has 0 aliphatic rings. The number of unbranched alkanes of at least 4 members (excludes halogenated alkanes) is 1. The van der Waals surface area contributed by atoms with Gasteiger partial charge in [-0.25, -0.2) is 0 Å². The van der Waals surface area contributed by atoms with Crippen LogP contribution in [0.5, 0.6) is 0 Å². The second-order valence-electron chi connectivity index (χ2n) is 3.94. The predicted octanol–water partition coefficient (Wildman–Crippen LogP) is 0.207. The lowest BCUT2D eigenvalue weighted by Crippen LogP contribution is -2.46. The van der Waals surface area contributed by atoms with Crippen LogP contribution in [0, 0.1) is 5.41 Å². The van der Waals surface area contributed by atoms with E-state index in [-0.39, 0.29) is 11.7 Å². The highest BCUT2D eigenvalue weighted by molar-refractivity contribution is 5.85. The summed E-state index contributed by atoms with van der Waals surface area (Å²) < 4.78 is 0. The number of ketones is 1. The molecule has 0 radical (unpaired) electrons. The van der Waals surface area contributed by atoms with E-state index in [1.54, 1.807) is 14.0 Å². The van der Waals surface area contributed by atoms with Gasteiger partial charge in [0.1, 0.15) is 5.78 Å². The first-order valence-corrected chi connectivity index (χ1v) is 5.20. The maximum atomic E-state index is 11.3. The zero-order valence-corrected chi connectivity index (χ0v) is 9.81. The highest BCUT2D eigenvalue weighted by Crippen LogP contribution is 2.14. The van der Waals surface area contributed by atoms with Crippen LogP contribution < -0.4 is 16.4 Å². The average Bonchev–Trinajstić information content (AvgIpc) is 2.16. The van der Waals surface area contributed by atoms with Gasteiger partial charge < -0.3 is 16.4 Å². The van der Waals surface area contributed by atoms with Crippen LogP contribution in [-0.4, -0.2) is 30.9 Å². The monoisotopic (exact) mass is 214 g/mol. The molecule has 0 saturated carbocycles. The first-order valence-electron chi connectivity index (χ1n) is 5.20. The highest BCUT2D eigenvalue weighted by Gasteiger charge is 2.26. The zero-order valence-electron chi connectivity index (χ0n) is 9.81. The third-order valence-corrected chi connectivity index (χ3v) is 2.75. The molecule has 0 aromatic carbocycles.